The summed E-state index contributed by atoms with van der Waals surface area (Å²) in [6, 6.07) is 1.51. The predicted octanol–water partition coefficient (Wildman–Crippen LogP) is 1.18. The number of pyridine rings is 1. The third-order valence-corrected chi connectivity index (χ3v) is 4.27. The fourth-order valence-electron chi connectivity index (χ4n) is 3.42. The van der Waals surface area contributed by atoms with E-state index in [-0.39, 0.29) is 23.8 Å². The van der Waals surface area contributed by atoms with E-state index in [2.05, 4.69) is 4.98 Å². The van der Waals surface area contributed by atoms with Crippen molar-refractivity contribution in [1.29, 1.82) is 0 Å². The van der Waals surface area contributed by atoms with E-state index in [9.17, 15) is 20.0 Å². The van der Waals surface area contributed by atoms with Crippen LogP contribution in [0, 0.1) is 10.1 Å². The zero-order valence-electron chi connectivity index (χ0n) is 11.2. The van der Waals surface area contributed by atoms with Crippen molar-refractivity contribution in [3.05, 3.63) is 27.9 Å². The number of rotatable bonds is 3. The summed E-state index contributed by atoms with van der Waals surface area (Å²) in [6.07, 6.45) is 3.75. The van der Waals surface area contributed by atoms with Gasteiger partial charge in [-0.1, -0.05) is 0 Å². The molecule has 21 heavy (non-hydrogen) atoms. The van der Waals surface area contributed by atoms with E-state index >= 15 is 0 Å². The van der Waals surface area contributed by atoms with E-state index in [1.165, 1.54) is 6.07 Å². The molecule has 0 saturated carbocycles. The molecular weight excluding hydrogens is 278 g/mol. The monoisotopic (exact) mass is 293 g/mol. The number of hydrogen-bond donors (Lipinski definition) is 2. The van der Waals surface area contributed by atoms with Gasteiger partial charge < -0.3 is 15.1 Å². The van der Waals surface area contributed by atoms with Crippen molar-refractivity contribution >= 4 is 17.5 Å². The Kier molecular flexibility index (Phi) is 3.25. The van der Waals surface area contributed by atoms with Gasteiger partial charge in [0.2, 0.25) is 0 Å². The third kappa shape index (κ3) is 2.31. The van der Waals surface area contributed by atoms with Crippen LogP contribution >= 0.6 is 0 Å². The van der Waals surface area contributed by atoms with Gasteiger partial charge in [-0.05, 0) is 25.7 Å². The zero-order chi connectivity index (χ0) is 15.1. The van der Waals surface area contributed by atoms with Crippen LogP contribution in [0.4, 0.5) is 11.5 Å². The SMILES string of the molecule is O=C(O)c1cc(N2C3CCC2CC(O)C3)ncc1[N+](=O)[O-]. The summed E-state index contributed by atoms with van der Waals surface area (Å²) >= 11 is 0. The molecule has 0 radical (unpaired) electrons. The smallest absolute Gasteiger partial charge is 0.342 e. The standard InChI is InChI=1S/C13H15N3O5/c17-9-3-7-1-2-8(4-9)15(7)12-5-10(13(18)19)11(6-14-12)16(20)21/h5-9,17H,1-4H2,(H,18,19). The number of nitrogens with zero attached hydrogens (tertiary/aromatic N) is 3. The Balaban J connectivity index is 1.99. The van der Waals surface area contributed by atoms with Crippen molar-refractivity contribution in [3.63, 3.8) is 0 Å². The molecule has 2 aliphatic rings. The molecule has 2 bridgehead atoms. The van der Waals surface area contributed by atoms with E-state index in [0.717, 1.165) is 19.0 Å². The summed E-state index contributed by atoms with van der Waals surface area (Å²) in [7, 11) is 0. The van der Waals surface area contributed by atoms with E-state index in [1.54, 1.807) is 0 Å². The van der Waals surface area contributed by atoms with Crippen molar-refractivity contribution in [3.8, 4) is 0 Å². The molecule has 112 valence electrons. The lowest BCUT2D eigenvalue weighted by atomic mass is 9.99. The van der Waals surface area contributed by atoms with Gasteiger partial charge in [-0.3, -0.25) is 10.1 Å². The van der Waals surface area contributed by atoms with Crippen LogP contribution in [0.15, 0.2) is 12.3 Å². The number of piperidine rings is 1. The Morgan fingerprint density at radius 1 is 1.38 bits per heavy atom. The molecular formula is C13H15N3O5. The van der Waals surface area contributed by atoms with E-state index in [1.807, 2.05) is 4.90 Å². The van der Waals surface area contributed by atoms with Crippen LogP contribution in [0.25, 0.3) is 0 Å². The van der Waals surface area contributed by atoms with Gasteiger partial charge in [0, 0.05) is 18.2 Å². The summed E-state index contributed by atoms with van der Waals surface area (Å²) in [5.41, 5.74) is -0.855. The maximum atomic E-state index is 11.2. The molecule has 0 amide bonds. The third-order valence-electron chi connectivity index (χ3n) is 4.27. The highest BCUT2D eigenvalue weighted by molar-refractivity contribution is 5.93. The van der Waals surface area contributed by atoms with Gasteiger partial charge in [-0.25, -0.2) is 9.78 Å². The molecule has 8 nitrogen and oxygen atoms in total. The second kappa shape index (κ2) is 4.96. The zero-order valence-corrected chi connectivity index (χ0v) is 11.2. The average Bonchev–Trinajstić information content (AvgIpc) is 2.70. The maximum absolute atomic E-state index is 11.2. The Labute approximate surface area is 120 Å². The van der Waals surface area contributed by atoms with Gasteiger partial charge in [-0.2, -0.15) is 0 Å². The summed E-state index contributed by atoms with van der Waals surface area (Å²) in [5.74, 6) is -0.896. The van der Waals surface area contributed by atoms with Crippen LogP contribution in [0.5, 0.6) is 0 Å². The Morgan fingerprint density at radius 2 is 2.00 bits per heavy atom. The topological polar surface area (TPSA) is 117 Å². The number of nitro groups is 1. The van der Waals surface area contributed by atoms with Crippen molar-refractivity contribution < 1.29 is 19.9 Å². The van der Waals surface area contributed by atoms with Gasteiger partial charge in [0.15, 0.2) is 0 Å². The van der Waals surface area contributed by atoms with Crippen LogP contribution in [-0.2, 0) is 0 Å². The first-order chi connectivity index (χ1) is 9.97. The number of fused-ring (bicyclic) bond motifs is 2. The van der Waals surface area contributed by atoms with Crippen molar-refractivity contribution in [2.24, 2.45) is 0 Å². The lowest BCUT2D eigenvalue weighted by molar-refractivity contribution is -0.385. The molecule has 1 aromatic rings. The fraction of sp³-hybridized carbons (Fsp3) is 0.538. The molecule has 2 fully saturated rings. The van der Waals surface area contributed by atoms with Gasteiger partial charge in [-0.15, -0.1) is 0 Å². The first-order valence-electron chi connectivity index (χ1n) is 6.81. The molecule has 2 unspecified atom stereocenters. The fourth-order valence-corrected chi connectivity index (χ4v) is 3.42. The molecule has 8 heteroatoms. The molecule has 0 spiro atoms. The van der Waals surface area contributed by atoms with Crippen LogP contribution in [0.1, 0.15) is 36.0 Å². The van der Waals surface area contributed by atoms with Crippen molar-refractivity contribution in [1.82, 2.24) is 4.98 Å². The van der Waals surface area contributed by atoms with E-state index in [4.69, 9.17) is 5.11 Å². The molecule has 2 aliphatic heterocycles. The number of carboxylic acids is 1. The number of aliphatic hydroxyl groups is 1. The summed E-state index contributed by atoms with van der Waals surface area (Å²) in [4.78, 5) is 27.4. The quantitative estimate of drug-likeness (QED) is 0.634. The molecule has 2 N–H and O–H groups in total. The van der Waals surface area contributed by atoms with Crippen molar-refractivity contribution in [2.75, 3.05) is 4.90 Å². The van der Waals surface area contributed by atoms with Crippen LogP contribution in [-0.4, -0.2) is 44.3 Å². The first-order valence-corrected chi connectivity index (χ1v) is 6.81. The minimum atomic E-state index is -1.34. The lowest BCUT2D eigenvalue weighted by Crippen LogP contribution is -2.45. The van der Waals surface area contributed by atoms with Gasteiger partial charge in [0.25, 0.3) is 0 Å². The Morgan fingerprint density at radius 3 is 2.52 bits per heavy atom. The van der Waals surface area contributed by atoms with Crippen LogP contribution in [0.2, 0.25) is 0 Å². The molecule has 1 aromatic heterocycles. The van der Waals surface area contributed by atoms with E-state index in [0.29, 0.717) is 18.7 Å². The highest BCUT2D eigenvalue weighted by Crippen LogP contribution is 2.39. The molecule has 2 saturated heterocycles. The normalized spacial score (nSPS) is 27.7. The summed E-state index contributed by atoms with van der Waals surface area (Å²) in [5, 5.41) is 29.8. The number of anilines is 1. The Hall–Kier alpha value is -2.22. The molecule has 3 rings (SSSR count). The molecule has 0 aromatic carbocycles. The number of hydrogen-bond acceptors (Lipinski definition) is 6. The second-order valence-electron chi connectivity index (χ2n) is 5.54. The summed E-state index contributed by atoms with van der Waals surface area (Å²) < 4.78 is 0. The highest BCUT2D eigenvalue weighted by atomic mass is 16.6. The number of aromatic nitrogens is 1. The van der Waals surface area contributed by atoms with Crippen molar-refractivity contribution in [2.45, 2.75) is 43.9 Å². The summed E-state index contributed by atoms with van der Waals surface area (Å²) in [6.45, 7) is 0. The van der Waals surface area contributed by atoms with Gasteiger partial charge in [0.05, 0.1) is 11.0 Å². The number of aromatic carboxylic acids is 1. The van der Waals surface area contributed by atoms with Gasteiger partial charge in [0.1, 0.15) is 17.6 Å². The van der Waals surface area contributed by atoms with Crippen LogP contribution in [0.3, 0.4) is 0 Å². The number of carboxylic acid groups (broad SMARTS) is 1. The Bertz CT molecular complexity index is 591. The van der Waals surface area contributed by atoms with Gasteiger partial charge >= 0.3 is 11.7 Å². The van der Waals surface area contributed by atoms with E-state index < -0.39 is 16.6 Å². The number of aliphatic hydroxyl groups excluding tert-OH is 1. The average molecular weight is 293 g/mol. The first kappa shape index (κ1) is 13.7. The largest absolute Gasteiger partial charge is 0.477 e. The lowest BCUT2D eigenvalue weighted by Gasteiger charge is -2.38. The minimum absolute atomic E-state index is 0.120. The second-order valence-corrected chi connectivity index (χ2v) is 5.54. The number of carbonyl (C=O) groups is 1. The molecule has 3 heterocycles. The molecule has 0 aliphatic carbocycles. The predicted molar refractivity (Wildman–Crippen MR) is 72.4 cm³/mol. The minimum Gasteiger partial charge on any atom is -0.477 e. The van der Waals surface area contributed by atoms with Crippen LogP contribution < -0.4 is 4.90 Å². The maximum Gasteiger partial charge on any atom is 0.342 e. The molecule has 2 atom stereocenters. The highest BCUT2D eigenvalue weighted by Gasteiger charge is 2.41.